The lowest BCUT2D eigenvalue weighted by Crippen LogP contribution is -2.24. The fraction of sp³-hybridized carbons (Fsp3) is 0.333. The van der Waals surface area contributed by atoms with Crippen LogP contribution in [0.25, 0.3) is 10.6 Å². The molecule has 0 aromatic carbocycles. The zero-order chi connectivity index (χ0) is 15.1. The van der Waals surface area contributed by atoms with Crippen molar-refractivity contribution in [1.29, 1.82) is 0 Å². The molecule has 5 heteroatoms. The van der Waals surface area contributed by atoms with E-state index in [2.05, 4.69) is 10.3 Å². The maximum atomic E-state index is 12.0. The number of aromatic amines is 1. The van der Waals surface area contributed by atoms with Gasteiger partial charge in [-0.2, -0.15) is 0 Å². The van der Waals surface area contributed by atoms with Crippen LogP contribution in [0.1, 0.15) is 32.0 Å². The molecule has 2 aromatic rings. The zero-order valence-electron chi connectivity index (χ0n) is 12.2. The van der Waals surface area contributed by atoms with Crippen molar-refractivity contribution in [3.05, 3.63) is 45.1 Å². The molecule has 108 valence electrons. The number of thiophene rings is 1. The van der Waals surface area contributed by atoms with Crippen molar-refractivity contribution in [2.24, 2.45) is 0 Å². The second-order valence-corrected chi connectivity index (χ2v) is 5.00. The summed E-state index contributed by atoms with van der Waals surface area (Å²) in [6.45, 7) is 7.53. The van der Waals surface area contributed by atoms with Crippen molar-refractivity contribution in [2.45, 2.75) is 34.2 Å². The van der Waals surface area contributed by atoms with Crippen LogP contribution in [0.5, 0.6) is 0 Å². The highest BCUT2D eigenvalue weighted by Crippen LogP contribution is 2.24. The number of carbonyl (C=O) groups excluding carboxylic acids is 1. The van der Waals surface area contributed by atoms with Gasteiger partial charge >= 0.3 is 0 Å². The van der Waals surface area contributed by atoms with Crippen molar-refractivity contribution in [1.82, 2.24) is 10.3 Å². The number of aromatic nitrogens is 1. The molecule has 0 bridgehead atoms. The van der Waals surface area contributed by atoms with Gasteiger partial charge in [-0.25, -0.2) is 0 Å². The molecule has 20 heavy (non-hydrogen) atoms. The normalized spacial score (nSPS) is 9.60. The first kappa shape index (κ1) is 16.2. The molecular formula is C15H20N2O2S. The number of pyridine rings is 1. The molecule has 0 fully saturated rings. The van der Waals surface area contributed by atoms with Crippen LogP contribution in [-0.2, 0) is 11.3 Å². The first-order valence-electron chi connectivity index (χ1n) is 6.59. The van der Waals surface area contributed by atoms with Crippen LogP contribution >= 0.6 is 11.3 Å². The van der Waals surface area contributed by atoms with Crippen molar-refractivity contribution in [3.8, 4) is 10.6 Å². The standard InChI is InChI=1S/C13H14N2O2S.C2H6/c1-8-6-11(17)10(7-14-9(2)16)13(15-8)12-4-3-5-18-12;1-2/h3-6H,7H2,1-2H3,(H,14,16)(H,15,17);1-2H3. The number of nitrogens with one attached hydrogen (secondary N) is 2. The summed E-state index contributed by atoms with van der Waals surface area (Å²) in [7, 11) is 0. The van der Waals surface area contributed by atoms with E-state index in [4.69, 9.17) is 0 Å². The summed E-state index contributed by atoms with van der Waals surface area (Å²) in [6, 6.07) is 5.43. The largest absolute Gasteiger partial charge is 0.357 e. The van der Waals surface area contributed by atoms with Gasteiger partial charge in [-0.3, -0.25) is 9.59 Å². The Labute approximate surface area is 122 Å². The predicted octanol–water partition coefficient (Wildman–Crippen LogP) is 3.07. The lowest BCUT2D eigenvalue weighted by atomic mass is 10.1. The third-order valence-corrected chi connectivity index (χ3v) is 3.44. The Hall–Kier alpha value is -1.88. The average Bonchev–Trinajstić information content (AvgIpc) is 2.92. The predicted molar refractivity (Wildman–Crippen MR) is 84.0 cm³/mol. The number of hydrogen-bond acceptors (Lipinski definition) is 3. The first-order chi connectivity index (χ1) is 9.58. The van der Waals surface area contributed by atoms with E-state index in [1.807, 2.05) is 38.3 Å². The Balaban J connectivity index is 0.000000956. The maximum Gasteiger partial charge on any atom is 0.217 e. The van der Waals surface area contributed by atoms with Gasteiger partial charge in [0.15, 0.2) is 5.43 Å². The van der Waals surface area contributed by atoms with Gasteiger partial charge in [0.2, 0.25) is 5.91 Å². The Morgan fingerprint density at radius 2 is 2.10 bits per heavy atom. The van der Waals surface area contributed by atoms with Gasteiger partial charge in [-0.05, 0) is 18.4 Å². The van der Waals surface area contributed by atoms with Crippen LogP contribution in [0, 0.1) is 6.92 Å². The summed E-state index contributed by atoms with van der Waals surface area (Å²) in [6.07, 6.45) is 0. The van der Waals surface area contributed by atoms with Gasteiger partial charge in [-0.1, -0.05) is 19.9 Å². The van der Waals surface area contributed by atoms with Crippen molar-refractivity contribution in [2.75, 3.05) is 0 Å². The van der Waals surface area contributed by atoms with E-state index >= 15 is 0 Å². The molecular weight excluding hydrogens is 272 g/mol. The molecule has 4 nitrogen and oxygen atoms in total. The quantitative estimate of drug-likeness (QED) is 0.913. The van der Waals surface area contributed by atoms with Crippen molar-refractivity contribution >= 4 is 17.2 Å². The molecule has 2 N–H and O–H groups in total. The molecule has 0 saturated carbocycles. The lowest BCUT2D eigenvalue weighted by molar-refractivity contribution is -0.119. The molecule has 0 saturated heterocycles. The molecule has 0 atom stereocenters. The first-order valence-corrected chi connectivity index (χ1v) is 7.47. The molecule has 0 aliphatic carbocycles. The van der Waals surface area contributed by atoms with E-state index in [1.165, 1.54) is 6.92 Å². The van der Waals surface area contributed by atoms with E-state index in [0.717, 1.165) is 16.3 Å². The van der Waals surface area contributed by atoms with Gasteiger partial charge in [0.05, 0.1) is 10.6 Å². The second kappa shape index (κ2) is 7.65. The van der Waals surface area contributed by atoms with Gasteiger partial charge in [0.25, 0.3) is 0 Å². The SMILES string of the molecule is CC.CC(=O)NCc1c(-c2cccs2)[nH]c(C)cc1=O. The fourth-order valence-corrected chi connectivity index (χ4v) is 2.49. The molecule has 0 aliphatic rings. The number of hydrogen-bond donors (Lipinski definition) is 2. The Morgan fingerprint density at radius 1 is 1.40 bits per heavy atom. The number of amides is 1. The number of H-pyrrole nitrogens is 1. The smallest absolute Gasteiger partial charge is 0.217 e. The van der Waals surface area contributed by atoms with Gasteiger partial charge < -0.3 is 10.3 Å². The Kier molecular flexibility index (Phi) is 6.18. The highest BCUT2D eigenvalue weighted by atomic mass is 32.1. The number of aryl methyl sites for hydroxylation is 1. The highest BCUT2D eigenvalue weighted by molar-refractivity contribution is 7.13. The second-order valence-electron chi connectivity index (χ2n) is 4.06. The minimum atomic E-state index is -0.146. The molecule has 2 heterocycles. The topological polar surface area (TPSA) is 62.0 Å². The maximum absolute atomic E-state index is 12.0. The van der Waals surface area contributed by atoms with Crippen LogP contribution in [-0.4, -0.2) is 10.9 Å². The van der Waals surface area contributed by atoms with E-state index in [1.54, 1.807) is 17.4 Å². The monoisotopic (exact) mass is 292 g/mol. The molecule has 2 aromatic heterocycles. The summed E-state index contributed by atoms with van der Waals surface area (Å²) in [5.41, 5.74) is 2.15. The number of rotatable bonds is 3. The molecule has 0 unspecified atom stereocenters. The van der Waals surface area contributed by atoms with Crippen LogP contribution in [0.4, 0.5) is 0 Å². The summed E-state index contributed by atoms with van der Waals surface area (Å²) in [5, 5.41) is 4.63. The molecule has 2 rings (SSSR count). The highest BCUT2D eigenvalue weighted by Gasteiger charge is 2.11. The van der Waals surface area contributed by atoms with Gasteiger partial charge in [0, 0.05) is 30.8 Å². The van der Waals surface area contributed by atoms with Gasteiger partial charge in [-0.15, -0.1) is 11.3 Å². The van der Waals surface area contributed by atoms with E-state index in [9.17, 15) is 9.59 Å². The third-order valence-electron chi connectivity index (χ3n) is 2.55. The molecule has 1 amide bonds. The Bertz CT molecular complexity index is 615. The zero-order valence-corrected chi connectivity index (χ0v) is 13.1. The molecule has 0 spiro atoms. The third kappa shape index (κ3) is 4.06. The van der Waals surface area contributed by atoms with Crippen LogP contribution in [0.3, 0.4) is 0 Å². The van der Waals surface area contributed by atoms with Crippen molar-refractivity contribution in [3.63, 3.8) is 0 Å². The Morgan fingerprint density at radius 3 is 2.65 bits per heavy atom. The summed E-state index contributed by atoms with van der Waals surface area (Å²) < 4.78 is 0. The van der Waals surface area contributed by atoms with E-state index in [0.29, 0.717) is 5.56 Å². The number of carbonyl (C=O) groups is 1. The lowest BCUT2D eigenvalue weighted by Gasteiger charge is -2.09. The fourth-order valence-electron chi connectivity index (χ4n) is 1.74. The van der Waals surface area contributed by atoms with Crippen LogP contribution in [0.2, 0.25) is 0 Å². The molecule has 0 aliphatic heterocycles. The molecule has 0 radical (unpaired) electrons. The summed E-state index contributed by atoms with van der Waals surface area (Å²) in [5.74, 6) is -0.146. The minimum Gasteiger partial charge on any atom is -0.357 e. The van der Waals surface area contributed by atoms with Crippen LogP contribution in [0.15, 0.2) is 28.4 Å². The summed E-state index contributed by atoms with van der Waals surface area (Å²) >= 11 is 1.56. The van der Waals surface area contributed by atoms with Crippen molar-refractivity contribution < 1.29 is 4.79 Å². The van der Waals surface area contributed by atoms with E-state index in [-0.39, 0.29) is 17.9 Å². The van der Waals surface area contributed by atoms with E-state index < -0.39 is 0 Å². The minimum absolute atomic E-state index is 0.0524. The van der Waals surface area contributed by atoms with Gasteiger partial charge in [0.1, 0.15) is 0 Å². The van der Waals surface area contributed by atoms with Crippen LogP contribution < -0.4 is 10.7 Å². The average molecular weight is 292 g/mol. The summed E-state index contributed by atoms with van der Waals surface area (Å²) in [4.78, 5) is 27.2.